The molecule has 1 saturated carbocycles. The van der Waals surface area contributed by atoms with Crippen LogP contribution >= 0.6 is 0 Å². The number of carbonyl (C=O) groups excluding carboxylic acids is 3. The molecule has 25 heavy (non-hydrogen) atoms. The Bertz CT molecular complexity index is 467. The molecule has 0 N–H and O–H groups in total. The fourth-order valence-electron chi connectivity index (χ4n) is 2.55. The van der Waals surface area contributed by atoms with E-state index in [1.165, 1.54) is 19.3 Å². The first kappa shape index (κ1) is 21.2. The highest BCUT2D eigenvalue weighted by Crippen LogP contribution is 2.19. The van der Waals surface area contributed by atoms with Gasteiger partial charge >= 0.3 is 17.9 Å². The average molecular weight is 354 g/mol. The molecule has 0 radical (unpaired) electrons. The van der Waals surface area contributed by atoms with Gasteiger partial charge in [-0.2, -0.15) is 0 Å². The number of hydrogen-bond acceptors (Lipinski definition) is 6. The van der Waals surface area contributed by atoms with Gasteiger partial charge in [-0.25, -0.2) is 9.59 Å². The van der Waals surface area contributed by atoms with Gasteiger partial charge in [0.2, 0.25) is 0 Å². The summed E-state index contributed by atoms with van der Waals surface area (Å²) >= 11 is 0. The summed E-state index contributed by atoms with van der Waals surface area (Å²) in [5.74, 6) is -1.65. The van der Waals surface area contributed by atoms with E-state index < -0.39 is 23.5 Å². The molecule has 0 aromatic rings. The van der Waals surface area contributed by atoms with Crippen molar-refractivity contribution in [1.82, 2.24) is 0 Å². The predicted octanol–water partition coefficient (Wildman–Crippen LogP) is 3.47. The van der Waals surface area contributed by atoms with E-state index in [2.05, 4.69) is 0 Å². The van der Waals surface area contributed by atoms with Crippen LogP contribution in [0.3, 0.4) is 0 Å². The van der Waals surface area contributed by atoms with E-state index in [1.807, 2.05) is 0 Å². The maximum absolute atomic E-state index is 11.8. The van der Waals surface area contributed by atoms with Crippen LogP contribution in [0, 0.1) is 0 Å². The van der Waals surface area contributed by atoms with Crippen molar-refractivity contribution in [2.45, 2.75) is 83.8 Å². The molecule has 6 nitrogen and oxygen atoms in total. The first-order chi connectivity index (χ1) is 11.8. The molecule has 0 heterocycles. The lowest BCUT2D eigenvalue weighted by atomic mass is 9.99. The Hall–Kier alpha value is -1.85. The fourth-order valence-corrected chi connectivity index (χ4v) is 2.55. The van der Waals surface area contributed by atoms with Gasteiger partial charge in [0.25, 0.3) is 0 Å². The molecular formula is C19H30O6. The molecule has 0 saturated heterocycles. The largest absolute Gasteiger partial charge is 0.462 e. The molecule has 1 rings (SSSR count). The maximum Gasteiger partial charge on any atom is 0.331 e. The van der Waals surface area contributed by atoms with Crippen molar-refractivity contribution in [3.8, 4) is 0 Å². The van der Waals surface area contributed by atoms with Crippen molar-refractivity contribution in [1.29, 1.82) is 0 Å². The fraction of sp³-hybridized carbons (Fsp3) is 0.737. The second-order valence-electron chi connectivity index (χ2n) is 7.24. The van der Waals surface area contributed by atoms with Crippen LogP contribution in [0.2, 0.25) is 0 Å². The normalized spacial score (nSPS) is 16.8. The van der Waals surface area contributed by atoms with Gasteiger partial charge < -0.3 is 14.2 Å². The van der Waals surface area contributed by atoms with E-state index in [4.69, 9.17) is 14.2 Å². The molecule has 0 aromatic heterocycles. The molecule has 1 aliphatic rings. The molecule has 0 amide bonds. The zero-order chi connectivity index (χ0) is 18.7. The van der Waals surface area contributed by atoms with E-state index in [9.17, 15) is 14.4 Å². The van der Waals surface area contributed by atoms with Crippen LogP contribution in [-0.4, -0.2) is 36.2 Å². The summed E-state index contributed by atoms with van der Waals surface area (Å²) in [5.41, 5.74) is -0.568. The van der Waals surface area contributed by atoms with Gasteiger partial charge in [0.1, 0.15) is 18.3 Å². The van der Waals surface area contributed by atoms with Crippen molar-refractivity contribution in [2.75, 3.05) is 6.61 Å². The monoisotopic (exact) mass is 354 g/mol. The van der Waals surface area contributed by atoms with E-state index in [0.717, 1.165) is 37.8 Å². The third kappa shape index (κ3) is 11.3. The van der Waals surface area contributed by atoms with Crippen molar-refractivity contribution >= 4 is 17.9 Å². The molecule has 1 aliphatic carbocycles. The lowest BCUT2D eigenvalue weighted by Gasteiger charge is -2.19. The summed E-state index contributed by atoms with van der Waals surface area (Å²) in [7, 11) is 0. The molecule has 0 aromatic carbocycles. The highest BCUT2D eigenvalue weighted by molar-refractivity contribution is 5.91. The van der Waals surface area contributed by atoms with Gasteiger partial charge in [-0.05, 0) is 46.5 Å². The summed E-state index contributed by atoms with van der Waals surface area (Å²) in [6, 6.07) is 0. The number of ether oxygens (including phenoxy) is 3. The smallest absolute Gasteiger partial charge is 0.331 e. The molecule has 0 unspecified atom stereocenters. The first-order valence-electron chi connectivity index (χ1n) is 9.03. The van der Waals surface area contributed by atoms with Gasteiger partial charge in [0.15, 0.2) is 0 Å². The molecule has 1 fully saturated rings. The Balaban J connectivity index is 2.23. The lowest BCUT2D eigenvalue weighted by molar-refractivity contribution is -0.157. The minimum Gasteiger partial charge on any atom is -0.462 e. The molecule has 0 bridgehead atoms. The molecular weight excluding hydrogens is 324 g/mol. The third-order valence-corrected chi connectivity index (χ3v) is 3.66. The summed E-state index contributed by atoms with van der Waals surface area (Å²) in [6.07, 6.45) is 9.49. The van der Waals surface area contributed by atoms with Crippen molar-refractivity contribution < 1.29 is 28.6 Å². The predicted molar refractivity (Wildman–Crippen MR) is 92.8 cm³/mol. The Morgan fingerprint density at radius 1 is 0.920 bits per heavy atom. The van der Waals surface area contributed by atoms with Gasteiger partial charge in [-0.15, -0.1) is 0 Å². The van der Waals surface area contributed by atoms with Crippen molar-refractivity contribution in [3.05, 3.63) is 12.2 Å². The molecule has 0 aliphatic heterocycles. The number of rotatable bonds is 6. The summed E-state index contributed by atoms with van der Waals surface area (Å²) in [4.78, 5) is 34.8. The molecule has 6 heteroatoms. The quantitative estimate of drug-likeness (QED) is 0.413. The van der Waals surface area contributed by atoms with E-state index in [-0.39, 0.29) is 19.1 Å². The number of carbonyl (C=O) groups is 3. The number of esters is 3. The van der Waals surface area contributed by atoms with Crippen LogP contribution in [0.1, 0.15) is 72.1 Å². The second-order valence-corrected chi connectivity index (χ2v) is 7.24. The molecule has 0 atom stereocenters. The Morgan fingerprint density at radius 2 is 1.48 bits per heavy atom. The second kappa shape index (κ2) is 10.9. The Kier molecular flexibility index (Phi) is 9.24. The summed E-state index contributed by atoms with van der Waals surface area (Å²) in [6.45, 7) is 5.21. The van der Waals surface area contributed by atoms with Crippen molar-refractivity contribution in [3.63, 3.8) is 0 Å². The van der Waals surface area contributed by atoms with E-state index >= 15 is 0 Å². The Morgan fingerprint density at radius 3 is 2.08 bits per heavy atom. The van der Waals surface area contributed by atoms with Crippen molar-refractivity contribution in [2.24, 2.45) is 0 Å². The first-order valence-corrected chi connectivity index (χ1v) is 9.03. The molecule has 0 spiro atoms. The van der Waals surface area contributed by atoms with Crippen LogP contribution in [0.25, 0.3) is 0 Å². The standard InChI is InChI=1S/C19H30O6/c1-19(2,3)25-18(22)13-14-23-16(20)11-12-17(21)24-15-9-7-5-4-6-8-10-15/h11-12,15H,4-10,13-14H2,1-3H3/b12-11+. The Labute approximate surface area is 149 Å². The van der Waals surface area contributed by atoms with Crippen LogP contribution in [-0.2, 0) is 28.6 Å². The van der Waals surface area contributed by atoms with Crippen LogP contribution < -0.4 is 0 Å². The zero-order valence-corrected chi connectivity index (χ0v) is 15.5. The van der Waals surface area contributed by atoms with Crippen LogP contribution in [0.5, 0.6) is 0 Å². The topological polar surface area (TPSA) is 78.9 Å². The highest BCUT2D eigenvalue weighted by atomic mass is 16.6. The summed E-state index contributed by atoms with van der Waals surface area (Å²) in [5, 5.41) is 0. The van der Waals surface area contributed by atoms with E-state index in [1.54, 1.807) is 20.8 Å². The van der Waals surface area contributed by atoms with Crippen LogP contribution in [0.4, 0.5) is 0 Å². The van der Waals surface area contributed by atoms with Gasteiger partial charge in [-0.1, -0.05) is 19.3 Å². The van der Waals surface area contributed by atoms with E-state index in [0.29, 0.717) is 0 Å². The third-order valence-electron chi connectivity index (χ3n) is 3.66. The minimum atomic E-state index is -0.682. The van der Waals surface area contributed by atoms with Gasteiger partial charge in [-0.3, -0.25) is 4.79 Å². The van der Waals surface area contributed by atoms with Gasteiger partial charge in [0.05, 0.1) is 6.42 Å². The zero-order valence-electron chi connectivity index (χ0n) is 15.5. The lowest BCUT2D eigenvalue weighted by Crippen LogP contribution is -2.24. The SMILES string of the molecule is CC(C)(C)OC(=O)CCOC(=O)/C=C/C(=O)OC1CCCCCCC1. The van der Waals surface area contributed by atoms with Gasteiger partial charge in [0, 0.05) is 12.2 Å². The maximum atomic E-state index is 11.8. The molecule has 142 valence electrons. The number of hydrogen-bond donors (Lipinski definition) is 0. The average Bonchev–Trinajstić information content (AvgIpc) is 2.46. The summed E-state index contributed by atoms with van der Waals surface area (Å²) < 4.78 is 15.3. The van der Waals surface area contributed by atoms with Crippen LogP contribution in [0.15, 0.2) is 12.2 Å². The highest BCUT2D eigenvalue weighted by Gasteiger charge is 2.17. The minimum absolute atomic E-state index is 0.0244.